The number of thiazole rings is 1. The highest BCUT2D eigenvalue weighted by Gasteiger charge is 2.22. The molecule has 5 nitrogen and oxygen atoms in total. The Morgan fingerprint density at radius 3 is 2.27 bits per heavy atom. The van der Waals surface area contributed by atoms with E-state index in [4.69, 9.17) is 4.74 Å². The molecule has 6 heteroatoms. The summed E-state index contributed by atoms with van der Waals surface area (Å²) in [6.07, 6.45) is -0.604. The number of nitrogens with zero attached hydrogens (tertiary/aromatic N) is 1. The number of ether oxygens (including phenoxy) is 1. The van der Waals surface area contributed by atoms with Gasteiger partial charge in [-0.3, -0.25) is 14.9 Å². The van der Waals surface area contributed by atoms with Crippen LogP contribution in [0.3, 0.4) is 0 Å². The number of ketones is 1. The van der Waals surface area contributed by atoms with Crippen molar-refractivity contribution in [2.45, 2.75) is 13.0 Å². The molecule has 1 atom stereocenters. The number of carbonyl (C=O) groups is 2. The van der Waals surface area contributed by atoms with Crippen molar-refractivity contribution in [1.29, 1.82) is 0 Å². The van der Waals surface area contributed by atoms with Crippen molar-refractivity contribution in [3.8, 4) is 11.3 Å². The van der Waals surface area contributed by atoms with Crippen LogP contribution >= 0.6 is 11.3 Å². The van der Waals surface area contributed by atoms with E-state index in [9.17, 15) is 9.59 Å². The summed E-state index contributed by atoms with van der Waals surface area (Å²) in [5.41, 5.74) is 1.96. The Hall–Kier alpha value is -2.83. The predicted molar refractivity (Wildman–Crippen MR) is 103 cm³/mol. The fourth-order valence-electron chi connectivity index (χ4n) is 2.35. The zero-order valence-corrected chi connectivity index (χ0v) is 15.2. The molecule has 2 aromatic carbocycles. The maximum absolute atomic E-state index is 13.0. The summed E-state index contributed by atoms with van der Waals surface area (Å²) in [7, 11) is 1.46. The van der Waals surface area contributed by atoms with Gasteiger partial charge in [0.1, 0.15) is 11.0 Å². The Bertz CT molecular complexity index is 907. The molecule has 0 saturated carbocycles. The number of benzene rings is 2. The summed E-state index contributed by atoms with van der Waals surface area (Å²) in [6.45, 7) is 1.65. The van der Waals surface area contributed by atoms with Crippen LogP contribution in [-0.2, 0) is 9.53 Å². The van der Waals surface area contributed by atoms with Crippen molar-refractivity contribution in [3.05, 3.63) is 71.1 Å². The highest BCUT2D eigenvalue weighted by Crippen LogP contribution is 2.33. The minimum Gasteiger partial charge on any atom is -0.372 e. The van der Waals surface area contributed by atoms with Crippen LogP contribution in [-0.4, -0.2) is 29.9 Å². The van der Waals surface area contributed by atoms with Gasteiger partial charge in [0, 0.05) is 18.2 Å². The molecule has 1 aromatic heterocycles. The van der Waals surface area contributed by atoms with Gasteiger partial charge in [-0.25, -0.2) is 4.98 Å². The maximum Gasteiger partial charge on any atom is 0.254 e. The van der Waals surface area contributed by atoms with Crippen LogP contribution in [0, 0.1) is 0 Å². The van der Waals surface area contributed by atoms with Gasteiger partial charge >= 0.3 is 0 Å². The van der Waals surface area contributed by atoms with Crippen LogP contribution in [0.5, 0.6) is 0 Å². The lowest BCUT2D eigenvalue weighted by molar-refractivity contribution is -0.124. The van der Waals surface area contributed by atoms with Crippen molar-refractivity contribution >= 4 is 28.2 Å². The average Bonchev–Trinajstić information content (AvgIpc) is 3.11. The van der Waals surface area contributed by atoms with E-state index in [1.165, 1.54) is 18.4 Å². The third kappa shape index (κ3) is 3.87. The SMILES string of the molecule is COC(C)C(=O)Nc1nc(-c2ccccc2)c(C(=O)c2ccccc2)s1. The minimum absolute atomic E-state index is 0.123. The van der Waals surface area contributed by atoms with Gasteiger partial charge < -0.3 is 4.74 Å². The predicted octanol–water partition coefficient (Wildman–Crippen LogP) is 4.01. The number of amides is 1. The third-order valence-electron chi connectivity index (χ3n) is 3.87. The smallest absolute Gasteiger partial charge is 0.254 e. The summed E-state index contributed by atoms with van der Waals surface area (Å²) in [6, 6.07) is 18.5. The molecule has 1 unspecified atom stereocenters. The largest absolute Gasteiger partial charge is 0.372 e. The van der Waals surface area contributed by atoms with Crippen molar-refractivity contribution < 1.29 is 14.3 Å². The van der Waals surface area contributed by atoms with Gasteiger partial charge in [-0.05, 0) is 6.92 Å². The van der Waals surface area contributed by atoms with Crippen LogP contribution in [0.25, 0.3) is 11.3 Å². The first-order valence-electron chi connectivity index (χ1n) is 8.10. The second-order valence-electron chi connectivity index (χ2n) is 5.63. The van der Waals surface area contributed by atoms with E-state index in [-0.39, 0.29) is 11.7 Å². The van der Waals surface area contributed by atoms with E-state index < -0.39 is 6.10 Å². The molecule has 3 rings (SSSR count). The highest BCUT2D eigenvalue weighted by molar-refractivity contribution is 7.18. The number of aromatic nitrogens is 1. The lowest BCUT2D eigenvalue weighted by Crippen LogP contribution is -2.26. The molecule has 0 aliphatic rings. The van der Waals surface area contributed by atoms with Gasteiger partial charge in [0.2, 0.25) is 5.78 Å². The van der Waals surface area contributed by atoms with E-state index in [1.807, 2.05) is 48.5 Å². The average molecular weight is 366 g/mol. The molecule has 0 saturated heterocycles. The molecule has 0 aliphatic heterocycles. The number of nitrogens with one attached hydrogen (secondary N) is 1. The van der Waals surface area contributed by atoms with Crippen molar-refractivity contribution in [1.82, 2.24) is 4.98 Å². The zero-order valence-electron chi connectivity index (χ0n) is 14.4. The van der Waals surface area contributed by atoms with E-state index in [1.54, 1.807) is 19.1 Å². The molecule has 0 radical (unpaired) electrons. The third-order valence-corrected chi connectivity index (χ3v) is 4.84. The summed E-state index contributed by atoms with van der Waals surface area (Å²) < 4.78 is 5.02. The Balaban J connectivity index is 2.01. The van der Waals surface area contributed by atoms with Gasteiger partial charge in [-0.15, -0.1) is 0 Å². The molecule has 0 aliphatic carbocycles. The lowest BCUT2D eigenvalue weighted by Gasteiger charge is -2.07. The molecule has 0 fully saturated rings. The second-order valence-corrected chi connectivity index (χ2v) is 6.62. The monoisotopic (exact) mass is 366 g/mol. The van der Waals surface area contributed by atoms with Crippen molar-refractivity contribution in [2.24, 2.45) is 0 Å². The normalized spacial score (nSPS) is 11.8. The van der Waals surface area contributed by atoms with E-state index in [2.05, 4.69) is 10.3 Å². The van der Waals surface area contributed by atoms with Gasteiger partial charge in [-0.2, -0.15) is 0 Å². The Morgan fingerprint density at radius 1 is 1.04 bits per heavy atom. The van der Waals surface area contributed by atoms with Crippen LogP contribution in [0.4, 0.5) is 5.13 Å². The van der Waals surface area contributed by atoms with Crippen molar-refractivity contribution in [3.63, 3.8) is 0 Å². The molecular formula is C20H18N2O3S. The first kappa shape index (κ1) is 18.0. The summed E-state index contributed by atoms with van der Waals surface area (Å²) in [5.74, 6) is -0.429. The zero-order chi connectivity index (χ0) is 18.5. The molecule has 0 spiro atoms. The van der Waals surface area contributed by atoms with Crippen LogP contribution in [0.15, 0.2) is 60.7 Å². The topological polar surface area (TPSA) is 68.3 Å². The summed E-state index contributed by atoms with van der Waals surface area (Å²) in [5, 5.41) is 3.09. The molecule has 1 amide bonds. The van der Waals surface area contributed by atoms with E-state index in [0.29, 0.717) is 21.3 Å². The van der Waals surface area contributed by atoms with Crippen LogP contribution in [0.2, 0.25) is 0 Å². The van der Waals surface area contributed by atoms with Gasteiger partial charge in [0.15, 0.2) is 5.13 Å². The summed E-state index contributed by atoms with van der Waals surface area (Å²) in [4.78, 5) is 30.0. The fraction of sp³-hybridized carbons (Fsp3) is 0.150. The number of hydrogen-bond donors (Lipinski definition) is 1. The van der Waals surface area contributed by atoms with E-state index in [0.717, 1.165) is 5.56 Å². The maximum atomic E-state index is 13.0. The second kappa shape index (κ2) is 8.03. The van der Waals surface area contributed by atoms with Crippen LogP contribution < -0.4 is 5.32 Å². The molecular weight excluding hydrogens is 348 g/mol. The first-order chi connectivity index (χ1) is 12.6. The number of hydrogen-bond acceptors (Lipinski definition) is 5. The first-order valence-corrected chi connectivity index (χ1v) is 8.91. The standard InChI is InChI=1S/C20H18N2O3S/c1-13(25-2)19(24)22-20-21-16(14-9-5-3-6-10-14)18(26-20)17(23)15-11-7-4-8-12-15/h3-13H,1-2H3,(H,21,22,24). The lowest BCUT2D eigenvalue weighted by atomic mass is 10.1. The molecule has 1 heterocycles. The van der Waals surface area contributed by atoms with Gasteiger partial charge in [0.25, 0.3) is 5.91 Å². The van der Waals surface area contributed by atoms with E-state index >= 15 is 0 Å². The molecule has 132 valence electrons. The molecule has 0 bridgehead atoms. The Labute approximate surface area is 155 Å². The van der Waals surface area contributed by atoms with Gasteiger partial charge in [-0.1, -0.05) is 72.0 Å². The minimum atomic E-state index is -0.604. The van der Waals surface area contributed by atoms with Crippen molar-refractivity contribution in [2.75, 3.05) is 12.4 Å². The summed E-state index contributed by atoms with van der Waals surface area (Å²) >= 11 is 1.17. The number of carbonyl (C=O) groups excluding carboxylic acids is 2. The Morgan fingerprint density at radius 2 is 1.65 bits per heavy atom. The quantitative estimate of drug-likeness (QED) is 0.669. The highest BCUT2D eigenvalue weighted by atomic mass is 32.1. The molecule has 3 aromatic rings. The number of rotatable bonds is 6. The fourth-order valence-corrected chi connectivity index (χ4v) is 3.31. The number of methoxy groups -OCH3 is 1. The molecule has 26 heavy (non-hydrogen) atoms. The van der Waals surface area contributed by atoms with Crippen LogP contribution in [0.1, 0.15) is 22.2 Å². The van der Waals surface area contributed by atoms with Gasteiger partial charge in [0.05, 0.1) is 5.69 Å². The molecule has 1 N–H and O–H groups in total. The Kier molecular flexibility index (Phi) is 5.55. The number of anilines is 1.